The molecule has 3 aromatic rings. The van der Waals surface area contributed by atoms with Gasteiger partial charge in [0.25, 0.3) is 0 Å². The van der Waals surface area contributed by atoms with Gasteiger partial charge in [0.05, 0.1) is 11.0 Å². The summed E-state index contributed by atoms with van der Waals surface area (Å²) in [4.78, 5) is 18.8. The van der Waals surface area contributed by atoms with Crippen LogP contribution in [0.2, 0.25) is 0 Å². The zero-order valence-corrected chi connectivity index (χ0v) is 12.0. The third-order valence-corrected chi connectivity index (χ3v) is 3.81. The molecular weight excluding hydrogens is 290 g/mol. The number of aromatic carboxylic acids is 1. The van der Waals surface area contributed by atoms with Gasteiger partial charge in [-0.15, -0.1) is 11.8 Å². The lowest BCUT2D eigenvalue weighted by Gasteiger charge is -1.98. The van der Waals surface area contributed by atoms with Gasteiger partial charge in [0, 0.05) is 0 Å². The molecule has 1 aromatic carbocycles. The van der Waals surface area contributed by atoms with Gasteiger partial charge in [-0.3, -0.25) is 0 Å². The summed E-state index contributed by atoms with van der Waals surface area (Å²) in [6, 6.07) is 7.50. The summed E-state index contributed by atoms with van der Waals surface area (Å²) in [6.07, 6.45) is 0. The number of fused-ring (bicyclic) bond motifs is 1. The van der Waals surface area contributed by atoms with Crippen molar-refractivity contribution in [3.05, 3.63) is 29.8 Å². The first-order chi connectivity index (χ1) is 10.1. The van der Waals surface area contributed by atoms with E-state index in [9.17, 15) is 9.90 Å². The van der Waals surface area contributed by atoms with Crippen LogP contribution in [0.25, 0.3) is 17.0 Å². The van der Waals surface area contributed by atoms with Gasteiger partial charge in [-0.25, -0.2) is 9.78 Å². The molecule has 0 aliphatic heterocycles. The monoisotopic (exact) mass is 303 g/mol. The summed E-state index contributed by atoms with van der Waals surface area (Å²) in [5, 5.41) is 14.0. The summed E-state index contributed by atoms with van der Waals surface area (Å²) in [7, 11) is 0. The number of hydrogen-bond donors (Lipinski definition) is 3. The molecule has 0 unspecified atom stereocenters. The maximum absolute atomic E-state index is 11.4. The average Bonchev–Trinajstić information content (AvgIpc) is 3.00. The molecule has 2 aromatic heterocycles. The number of H-pyrrole nitrogens is 1. The van der Waals surface area contributed by atoms with Crippen LogP contribution in [0.3, 0.4) is 0 Å². The molecule has 108 valence electrons. The van der Waals surface area contributed by atoms with Crippen LogP contribution in [0.5, 0.6) is 0 Å². The molecule has 7 nitrogen and oxygen atoms in total. The Balaban J connectivity index is 2.17. The number of thioether (sulfide) groups is 1. The topological polar surface area (TPSA) is 110 Å². The SMILES string of the molecule is CCSc1nn(-c2nc3ccccc3[nH]2)c(N)c1C(=O)O. The highest BCUT2D eigenvalue weighted by Gasteiger charge is 2.23. The average molecular weight is 303 g/mol. The Hall–Kier alpha value is -2.48. The van der Waals surface area contributed by atoms with Crippen LogP contribution in [-0.2, 0) is 0 Å². The number of carboxylic acid groups (broad SMARTS) is 1. The van der Waals surface area contributed by atoms with Gasteiger partial charge in [-0.2, -0.15) is 9.78 Å². The van der Waals surface area contributed by atoms with E-state index in [1.807, 2.05) is 31.2 Å². The number of carboxylic acids is 1. The van der Waals surface area contributed by atoms with E-state index in [-0.39, 0.29) is 11.4 Å². The van der Waals surface area contributed by atoms with Crippen LogP contribution in [0.15, 0.2) is 29.3 Å². The number of nitrogens with zero attached hydrogens (tertiary/aromatic N) is 3. The molecule has 0 aliphatic carbocycles. The Morgan fingerprint density at radius 2 is 2.24 bits per heavy atom. The maximum atomic E-state index is 11.4. The normalized spacial score (nSPS) is 11.1. The molecule has 21 heavy (non-hydrogen) atoms. The standard InChI is InChI=1S/C13H13N5O2S/c1-2-21-11-9(12(19)20)10(14)18(17-11)13-15-7-5-3-4-6-8(7)16-13/h3-6H,2,14H2,1H3,(H,15,16)(H,19,20). The van der Waals surface area contributed by atoms with Crippen molar-refractivity contribution in [3.8, 4) is 5.95 Å². The van der Waals surface area contributed by atoms with Gasteiger partial charge < -0.3 is 15.8 Å². The zero-order chi connectivity index (χ0) is 15.0. The highest BCUT2D eigenvalue weighted by atomic mass is 32.2. The van der Waals surface area contributed by atoms with E-state index in [1.165, 1.54) is 16.4 Å². The number of anilines is 1. The third-order valence-electron chi connectivity index (χ3n) is 2.96. The fraction of sp³-hybridized carbons (Fsp3) is 0.154. The van der Waals surface area contributed by atoms with E-state index in [0.29, 0.717) is 16.7 Å². The minimum absolute atomic E-state index is 0.0160. The number of aromatic nitrogens is 4. The number of imidazole rings is 1. The van der Waals surface area contributed by atoms with Gasteiger partial charge >= 0.3 is 5.97 Å². The molecule has 3 rings (SSSR count). The number of nitrogens with one attached hydrogen (secondary N) is 1. The van der Waals surface area contributed by atoms with Crippen LogP contribution in [-0.4, -0.2) is 36.6 Å². The van der Waals surface area contributed by atoms with E-state index < -0.39 is 5.97 Å². The molecule has 8 heteroatoms. The van der Waals surface area contributed by atoms with Crippen molar-refractivity contribution >= 4 is 34.6 Å². The smallest absolute Gasteiger partial charge is 0.342 e. The minimum Gasteiger partial charge on any atom is -0.477 e. The summed E-state index contributed by atoms with van der Waals surface area (Å²) < 4.78 is 1.33. The molecule has 4 N–H and O–H groups in total. The van der Waals surface area contributed by atoms with Crippen molar-refractivity contribution in [1.82, 2.24) is 19.7 Å². The predicted molar refractivity (Wildman–Crippen MR) is 81.0 cm³/mol. The Morgan fingerprint density at radius 1 is 1.48 bits per heavy atom. The van der Waals surface area contributed by atoms with Crippen molar-refractivity contribution in [2.75, 3.05) is 11.5 Å². The minimum atomic E-state index is -1.09. The van der Waals surface area contributed by atoms with Crippen LogP contribution in [0.4, 0.5) is 5.82 Å². The van der Waals surface area contributed by atoms with E-state index in [0.717, 1.165) is 11.0 Å². The fourth-order valence-corrected chi connectivity index (χ4v) is 2.80. The summed E-state index contributed by atoms with van der Waals surface area (Å²) >= 11 is 1.33. The summed E-state index contributed by atoms with van der Waals surface area (Å²) in [6.45, 7) is 1.92. The van der Waals surface area contributed by atoms with Crippen LogP contribution in [0, 0.1) is 0 Å². The molecule has 0 saturated heterocycles. The highest BCUT2D eigenvalue weighted by molar-refractivity contribution is 7.99. The van der Waals surface area contributed by atoms with E-state index in [2.05, 4.69) is 15.1 Å². The first-order valence-corrected chi connectivity index (χ1v) is 7.30. The Bertz CT molecular complexity index is 790. The van der Waals surface area contributed by atoms with Gasteiger partial charge in [0.2, 0.25) is 5.95 Å². The number of rotatable bonds is 4. The number of hydrogen-bond acceptors (Lipinski definition) is 5. The molecule has 0 spiro atoms. The van der Waals surface area contributed by atoms with Crippen molar-refractivity contribution in [1.29, 1.82) is 0 Å². The van der Waals surface area contributed by atoms with E-state index >= 15 is 0 Å². The molecular formula is C13H13N5O2S. The van der Waals surface area contributed by atoms with Crippen LogP contribution >= 0.6 is 11.8 Å². The number of carbonyl (C=O) groups is 1. The molecule has 0 atom stereocenters. The fourth-order valence-electron chi connectivity index (χ4n) is 2.05. The predicted octanol–water partition coefficient (Wildman–Crippen LogP) is 2.14. The number of para-hydroxylation sites is 2. The molecule has 0 aliphatic rings. The second-order valence-corrected chi connectivity index (χ2v) is 5.55. The maximum Gasteiger partial charge on any atom is 0.342 e. The van der Waals surface area contributed by atoms with E-state index in [4.69, 9.17) is 5.73 Å². The summed E-state index contributed by atoms with van der Waals surface area (Å²) in [5.41, 5.74) is 7.56. The van der Waals surface area contributed by atoms with Gasteiger partial charge in [0.15, 0.2) is 0 Å². The molecule has 0 amide bonds. The lowest BCUT2D eigenvalue weighted by atomic mass is 10.3. The lowest BCUT2D eigenvalue weighted by molar-refractivity contribution is 0.0694. The number of aromatic amines is 1. The van der Waals surface area contributed by atoms with Gasteiger partial charge in [-0.05, 0) is 17.9 Å². The molecule has 0 saturated carbocycles. The number of nitrogen functional groups attached to an aromatic ring is 1. The second kappa shape index (κ2) is 5.13. The van der Waals surface area contributed by atoms with Gasteiger partial charge in [-0.1, -0.05) is 19.1 Å². The van der Waals surface area contributed by atoms with E-state index in [1.54, 1.807) is 0 Å². The van der Waals surface area contributed by atoms with Gasteiger partial charge in [0.1, 0.15) is 16.4 Å². The number of nitrogens with two attached hydrogens (primary N) is 1. The second-order valence-electron chi connectivity index (χ2n) is 4.29. The summed E-state index contributed by atoms with van der Waals surface area (Å²) in [5.74, 6) is 0.0825. The largest absolute Gasteiger partial charge is 0.477 e. The quantitative estimate of drug-likeness (QED) is 0.637. The first-order valence-electron chi connectivity index (χ1n) is 6.31. The van der Waals surface area contributed by atoms with Crippen LogP contribution < -0.4 is 5.73 Å². The first kappa shape index (κ1) is 13.5. The highest BCUT2D eigenvalue weighted by Crippen LogP contribution is 2.28. The molecule has 2 heterocycles. The van der Waals surface area contributed by atoms with Crippen molar-refractivity contribution in [2.45, 2.75) is 11.9 Å². The zero-order valence-electron chi connectivity index (χ0n) is 11.2. The van der Waals surface area contributed by atoms with Crippen molar-refractivity contribution in [2.24, 2.45) is 0 Å². The Labute approximate surface area is 124 Å². The Kier molecular flexibility index (Phi) is 3.30. The van der Waals surface area contributed by atoms with Crippen LogP contribution in [0.1, 0.15) is 17.3 Å². The number of benzene rings is 1. The Morgan fingerprint density at radius 3 is 2.90 bits per heavy atom. The van der Waals surface area contributed by atoms with Crippen molar-refractivity contribution < 1.29 is 9.90 Å². The lowest BCUT2D eigenvalue weighted by Crippen LogP contribution is -2.06. The molecule has 0 bridgehead atoms. The molecule has 0 fully saturated rings. The van der Waals surface area contributed by atoms with Crippen molar-refractivity contribution in [3.63, 3.8) is 0 Å². The third kappa shape index (κ3) is 2.23. The molecule has 0 radical (unpaired) electrons.